The number of fused-ring (bicyclic) bond motifs is 2. The van der Waals surface area contributed by atoms with Crippen molar-refractivity contribution in [3.05, 3.63) is 112 Å². The predicted molar refractivity (Wildman–Crippen MR) is 121 cm³/mol. The second kappa shape index (κ2) is 9.10. The van der Waals surface area contributed by atoms with E-state index in [1.54, 1.807) is 7.05 Å². The lowest BCUT2D eigenvalue weighted by Gasteiger charge is -2.15. The Labute approximate surface area is 178 Å². The number of carbonyl (C=O) groups is 1. The average molecular weight is 398 g/mol. The lowest BCUT2D eigenvalue weighted by Crippen LogP contribution is -2.17. The van der Waals surface area contributed by atoms with Crippen LogP contribution in [0.15, 0.2) is 78.9 Å². The fraction of sp³-hybridized carbons (Fsp3) is 0.222. The molecule has 3 aromatic carbocycles. The van der Waals surface area contributed by atoms with Gasteiger partial charge in [-0.05, 0) is 65.1 Å². The zero-order chi connectivity index (χ0) is 20.9. The third-order valence-corrected chi connectivity index (χ3v) is 5.93. The summed E-state index contributed by atoms with van der Waals surface area (Å²) in [5, 5.41) is 13.0. The first kappa shape index (κ1) is 20.1. The van der Waals surface area contributed by atoms with Gasteiger partial charge >= 0.3 is 0 Å². The van der Waals surface area contributed by atoms with E-state index in [0.29, 0.717) is 5.56 Å². The highest BCUT2D eigenvalue weighted by Crippen LogP contribution is 2.37. The standard InChI is InChI=1S/C18H19NO2.C9H8/c1-19-18(21)13-8-6-12(7-9-13)10-15-11-14-4-2-3-5-16(14)17(15)20;1-2-5-9-7-3-6-8(9)4-1/h2-9,15,17,20H,10-11H2,1H3,(H,19,21);1-6H,7H2. The van der Waals surface area contributed by atoms with E-state index in [2.05, 4.69) is 47.8 Å². The van der Waals surface area contributed by atoms with Crippen molar-refractivity contribution >= 4 is 12.0 Å². The Balaban J connectivity index is 0.000000200. The minimum atomic E-state index is -0.389. The van der Waals surface area contributed by atoms with Crippen LogP contribution < -0.4 is 5.32 Å². The van der Waals surface area contributed by atoms with Gasteiger partial charge in [-0.3, -0.25) is 4.79 Å². The minimum Gasteiger partial charge on any atom is -0.388 e. The van der Waals surface area contributed by atoms with Crippen molar-refractivity contribution in [2.45, 2.75) is 25.4 Å². The SMILES string of the molecule is C1=Cc2ccccc2C1.CNC(=O)c1ccc(CC2Cc3ccccc3C2O)cc1. The van der Waals surface area contributed by atoms with E-state index >= 15 is 0 Å². The van der Waals surface area contributed by atoms with Crippen LogP contribution in [0.2, 0.25) is 0 Å². The summed E-state index contributed by atoms with van der Waals surface area (Å²) in [4.78, 5) is 11.5. The molecule has 0 saturated heterocycles. The minimum absolute atomic E-state index is 0.0742. The molecule has 2 N–H and O–H groups in total. The Kier molecular flexibility index (Phi) is 6.10. The molecule has 0 aliphatic heterocycles. The zero-order valence-electron chi connectivity index (χ0n) is 17.2. The number of carbonyl (C=O) groups excluding carboxylic acids is 1. The van der Waals surface area contributed by atoms with Gasteiger partial charge in [-0.2, -0.15) is 0 Å². The number of nitrogens with one attached hydrogen (secondary N) is 1. The largest absolute Gasteiger partial charge is 0.388 e. The molecule has 0 heterocycles. The van der Waals surface area contributed by atoms with E-state index in [4.69, 9.17) is 0 Å². The van der Waals surface area contributed by atoms with Crippen molar-refractivity contribution in [3.8, 4) is 0 Å². The molecular weight excluding hydrogens is 370 g/mol. The summed E-state index contributed by atoms with van der Waals surface area (Å²) in [5.41, 5.74) is 6.97. The van der Waals surface area contributed by atoms with Gasteiger partial charge in [0.15, 0.2) is 0 Å². The first-order valence-corrected chi connectivity index (χ1v) is 10.5. The smallest absolute Gasteiger partial charge is 0.251 e. The lowest BCUT2D eigenvalue weighted by molar-refractivity contribution is 0.0963. The van der Waals surface area contributed by atoms with Crippen LogP contribution in [0.25, 0.3) is 6.08 Å². The summed E-state index contributed by atoms with van der Waals surface area (Å²) in [6.07, 6.45) is 6.84. The number of benzene rings is 3. The monoisotopic (exact) mass is 397 g/mol. The van der Waals surface area contributed by atoms with Crippen molar-refractivity contribution in [2.75, 3.05) is 7.05 Å². The molecule has 2 unspecified atom stereocenters. The number of aliphatic hydroxyl groups is 1. The van der Waals surface area contributed by atoms with Crippen molar-refractivity contribution in [3.63, 3.8) is 0 Å². The normalized spacial score (nSPS) is 18.2. The zero-order valence-corrected chi connectivity index (χ0v) is 17.2. The molecule has 5 rings (SSSR count). The molecule has 0 radical (unpaired) electrons. The van der Waals surface area contributed by atoms with E-state index in [-0.39, 0.29) is 17.9 Å². The topological polar surface area (TPSA) is 49.3 Å². The lowest BCUT2D eigenvalue weighted by atomic mass is 9.94. The summed E-state index contributed by atoms with van der Waals surface area (Å²) in [7, 11) is 1.63. The molecule has 2 aliphatic carbocycles. The maximum atomic E-state index is 11.5. The average Bonchev–Trinajstić information content (AvgIpc) is 3.39. The first-order chi connectivity index (χ1) is 14.7. The highest BCUT2D eigenvalue weighted by Gasteiger charge is 2.30. The van der Waals surface area contributed by atoms with Crippen LogP contribution in [0.3, 0.4) is 0 Å². The first-order valence-electron chi connectivity index (χ1n) is 10.5. The van der Waals surface area contributed by atoms with Crippen molar-refractivity contribution in [1.82, 2.24) is 5.32 Å². The van der Waals surface area contributed by atoms with Crippen LogP contribution in [-0.2, 0) is 19.3 Å². The molecule has 2 atom stereocenters. The Morgan fingerprint density at radius 1 is 0.967 bits per heavy atom. The van der Waals surface area contributed by atoms with Crippen molar-refractivity contribution < 1.29 is 9.90 Å². The molecule has 0 fully saturated rings. The van der Waals surface area contributed by atoms with Gasteiger partial charge in [0, 0.05) is 12.6 Å². The number of hydrogen-bond acceptors (Lipinski definition) is 2. The molecule has 3 heteroatoms. The molecular formula is C27H27NO2. The van der Waals surface area contributed by atoms with E-state index in [9.17, 15) is 9.90 Å². The van der Waals surface area contributed by atoms with Crippen LogP contribution in [0, 0.1) is 5.92 Å². The molecule has 0 spiro atoms. The van der Waals surface area contributed by atoms with Crippen LogP contribution in [0.4, 0.5) is 0 Å². The highest BCUT2D eigenvalue weighted by molar-refractivity contribution is 5.93. The van der Waals surface area contributed by atoms with E-state index in [0.717, 1.165) is 30.4 Å². The molecule has 0 bridgehead atoms. The van der Waals surface area contributed by atoms with Crippen LogP contribution in [0.5, 0.6) is 0 Å². The molecule has 0 aromatic heterocycles. The number of rotatable bonds is 3. The summed E-state index contributed by atoms with van der Waals surface area (Å²) in [6, 6.07) is 24.2. The fourth-order valence-electron chi connectivity index (χ4n) is 4.28. The number of hydrogen-bond donors (Lipinski definition) is 2. The quantitative estimate of drug-likeness (QED) is 0.670. The Morgan fingerprint density at radius 2 is 1.67 bits per heavy atom. The van der Waals surface area contributed by atoms with Gasteiger partial charge < -0.3 is 10.4 Å². The van der Waals surface area contributed by atoms with E-state index in [1.165, 1.54) is 16.7 Å². The summed E-state index contributed by atoms with van der Waals surface area (Å²) in [5.74, 6) is 0.142. The summed E-state index contributed by atoms with van der Waals surface area (Å²) < 4.78 is 0. The molecule has 0 saturated carbocycles. The fourth-order valence-corrected chi connectivity index (χ4v) is 4.28. The molecule has 152 valence electrons. The molecule has 3 nitrogen and oxygen atoms in total. The Morgan fingerprint density at radius 3 is 2.37 bits per heavy atom. The molecule has 1 amide bonds. The van der Waals surface area contributed by atoms with Crippen molar-refractivity contribution in [2.24, 2.45) is 5.92 Å². The summed E-state index contributed by atoms with van der Waals surface area (Å²) in [6.45, 7) is 0. The van der Waals surface area contributed by atoms with Gasteiger partial charge in [-0.15, -0.1) is 0 Å². The highest BCUT2D eigenvalue weighted by atomic mass is 16.3. The number of amides is 1. The number of aliphatic hydroxyl groups excluding tert-OH is 1. The van der Waals surface area contributed by atoms with Gasteiger partial charge in [0.1, 0.15) is 0 Å². The molecule has 30 heavy (non-hydrogen) atoms. The van der Waals surface area contributed by atoms with Crippen LogP contribution >= 0.6 is 0 Å². The van der Waals surface area contributed by atoms with Gasteiger partial charge in [-0.1, -0.05) is 72.8 Å². The second-order valence-corrected chi connectivity index (χ2v) is 7.89. The maximum absolute atomic E-state index is 11.5. The molecule has 3 aromatic rings. The third-order valence-electron chi connectivity index (χ3n) is 5.93. The predicted octanol–water partition coefficient (Wildman–Crippen LogP) is 4.75. The van der Waals surface area contributed by atoms with Gasteiger partial charge in [-0.25, -0.2) is 0 Å². The summed E-state index contributed by atoms with van der Waals surface area (Å²) >= 11 is 0. The van der Waals surface area contributed by atoms with Gasteiger partial charge in [0.25, 0.3) is 5.91 Å². The van der Waals surface area contributed by atoms with Crippen LogP contribution in [-0.4, -0.2) is 18.1 Å². The Hall–Kier alpha value is -3.17. The van der Waals surface area contributed by atoms with Crippen LogP contribution in [0.1, 0.15) is 44.3 Å². The van der Waals surface area contributed by atoms with Gasteiger partial charge in [0.2, 0.25) is 0 Å². The van der Waals surface area contributed by atoms with Gasteiger partial charge in [0.05, 0.1) is 6.10 Å². The third kappa shape index (κ3) is 4.37. The van der Waals surface area contributed by atoms with E-state index in [1.807, 2.05) is 42.5 Å². The number of allylic oxidation sites excluding steroid dienone is 1. The Bertz CT molecular complexity index is 1050. The van der Waals surface area contributed by atoms with Crippen molar-refractivity contribution in [1.29, 1.82) is 0 Å². The van der Waals surface area contributed by atoms with E-state index < -0.39 is 0 Å². The second-order valence-electron chi connectivity index (χ2n) is 7.89. The molecule has 2 aliphatic rings. The maximum Gasteiger partial charge on any atom is 0.251 e.